The first-order valence-corrected chi connectivity index (χ1v) is 9.83. The van der Waals surface area contributed by atoms with E-state index < -0.39 is 0 Å². The predicted molar refractivity (Wildman–Crippen MR) is 110 cm³/mol. The van der Waals surface area contributed by atoms with Crippen LogP contribution in [0.4, 0.5) is 0 Å². The molecule has 0 aliphatic heterocycles. The van der Waals surface area contributed by atoms with Gasteiger partial charge in [0, 0.05) is 15.3 Å². The van der Waals surface area contributed by atoms with Crippen LogP contribution >= 0.6 is 22.9 Å². The summed E-state index contributed by atoms with van der Waals surface area (Å²) in [6.07, 6.45) is 0.143. The number of hydrogen-bond donors (Lipinski definition) is 1. The lowest BCUT2D eigenvalue weighted by Crippen LogP contribution is -2.08. The summed E-state index contributed by atoms with van der Waals surface area (Å²) in [6, 6.07) is 17.8. The minimum Gasteiger partial charge on any atom is -0.466 e. The molecule has 0 amide bonds. The van der Waals surface area contributed by atoms with E-state index in [9.17, 15) is 4.79 Å². The summed E-state index contributed by atoms with van der Waals surface area (Å²) in [5, 5.41) is 1.83. The van der Waals surface area contributed by atoms with E-state index >= 15 is 0 Å². The number of carbonyl (C=O) groups excluding carboxylic acids is 1. The second kappa shape index (κ2) is 7.55. The van der Waals surface area contributed by atoms with Crippen LogP contribution in [0.25, 0.3) is 32.0 Å². The summed E-state index contributed by atoms with van der Waals surface area (Å²) in [6.45, 7) is 2.15. The Bertz CT molecular complexity index is 1070. The van der Waals surface area contributed by atoms with Crippen molar-refractivity contribution in [3.63, 3.8) is 0 Å². The molecule has 0 saturated carbocycles. The van der Waals surface area contributed by atoms with E-state index in [1.165, 1.54) is 10.1 Å². The molecular weight excluding hydrogens is 380 g/mol. The molecule has 4 rings (SSSR count). The SMILES string of the molecule is CCOC(=O)Cc1[nH]c(-c2cc3ccccc3s2)nc1-c1ccc(Cl)cc1. The Morgan fingerprint density at radius 3 is 2.70 bits per heavy atom. The summed E-state index contributed by atoms with van der Waals surface area (Å²) < 4.78 is 6.31. The van der Waals surface area contributed by atoms with E-state index in [2.05, 4.69) is 23.2 Å². The molecule has 6 heteroatoms. The van der Waals surface area contributed by atoms with E-state index in [1.54, 1.807) is 18.3 Å². The quantitative estimate of drug-likeness (QED) is 0.439. The number of aromatic nitrogens is 2. The highest BCUT2D eigenvalue weighted by Gasteiger charge is 2.18. The Hall–Kier alpha value is -2.63. The van der Waals surface area contributed by atoms with Crippen molar-refractivity contribution in [3.8, 4) is 22.0 Å². The van der Waals surface area contributed by atoms with Crippen LogP contribution in [0.5, 0.6) is 0 Å². The fraction of sp³-hybridized carbons (Fsp3) is 0.143. The number of fused-ring (bicyclic) bond motifs is 1. The van der Waals surface area contributed by atoms with Crippen LogP contribution in [0.3, 0.4) is 0 Å². The van der Waals surface area contributed by atoms with Gasteiger partial charge in [-0.25, -0.2) is 4.98 Å². The number of aromatic amines is 1. The Morgan fingerprint density at radius 1 is 1.19 bits per heavy atom. The molecule has 0 aliphatic carbocycles. The first-order chi connectivity index (χ1) is 13.1. The topological polar surface area (TPSA) is 55.0 Å². The predicted octanol–water partition coefficient (Wildman–Crippen LogP) is 5.72. The fourth-order valence-electron chi connectivity index (χ4n) is 2.96. The van der Waals surface area contributed by atoms with Crippen molar-refractivity contribution in [1.29, 1.82) is 0 Å². The number of nitrogens with zero attached hydrogens (tertiary/aromatic N) is 1. The van der Waals surface area contributed by atoms with E-state index in [4.69, 9.17) is 21.3 Å². The van der Waals surface area contributed by atoms with Crippen LogP contribution in [0.1, 0.15) is 12.6 Å². The number of hydrogen-bond acceptors (Lipinski definition) is 4. The molecule has 4 aromatic rings. The third-order valence-corrected chi connectivity index (χ3v) is 5.56. The highest BCUT2D eigenvalue weighted by Crippen LogP contribution is 2.34. The number of halogens is 1. The smallest absolute Gasteiger partial charge is 0.311 e. The summed E-state index contributed by atoms with van der Waals surface area (Å²) in [5.41, 5.74) is 2.39. The first kappa shape index (κ1) is 17.8. The van der Waals surface area contributed by atoms with Gasteiger partial charge in [0.2, 0.25) is 0 Å². The first-order valence-electron chi connectivity index (χ1n) is 8.63. The maximum absolute atomic E-state index is 12.0. The minimum atomic E-state index is -0.278. The largest absolute Gasteiger partial charge is 0.466 e. The van der Waals surface area contributed by atoms with Gasteiger partial charge in [-0.05, 0) is 36.6 Å². The summed E-state index contributed by atoms with van der Waals surface area (Å²) in [4.78, 5) is 21.2. The highest BCUT2D eigenvalue weighted by atomic mass is 35.5. The van der Waals surface area contributed by atoms with Crippen molar-refractivity contribution in [2.45, 2.75) is 13.3 Å². The van der Waals surface area contributed by atoms with Crippen molar-refractivity contribution < 1.29 is 9.53 Å². The average molecular weight is 397 g/mol. The van der Waals surface area contributed by atoms with Gasteiger partial charge in [-0.3, -0.25) is 4.79 Å². The molecule has 0 aliphatic rings. The highest BCUT2D eigenvalue weighted by molar-refractivity contribution is 7.22. The van der Waals surface area contributed by atoms with Crippen molar-refractivity contribution in [3.05, 3.63) is 65.3 Å². The molecular formula is C21H17ClN2O2S. The monoisotopic (exact) mass is 396 g/mol. The van der Waals surface area contributed by atoms with Gasteiger partial charge in [0.15, 0.2) is 0 Å². The normalized spacial score (nSPS) is 11.0. The second-order valence-electron chi connectivity index (χ2n) is 6.05. The van der Waals surface area contributed by atoms with Gasteiger partial charge in [0.25, 0.3) is 0 Å². The third kappa shape index (κ3) is 3.75. The Balaban J connectivity index is 1.78. The van der Waals surface area contributed by atoms with Gasteiger partial charge < -0.3 is 9.72 Å². The van der Waals surface area contributed by atoms with Crippen LogP contribution in [0.15, 0.2) is 54.6 Å². The Labute approximate surface area is 165 Å². The van der Waals surface area contributed by atoms with Crippen LogP contribution < -0.4 is 0 Å². The zero-order valence-corrected chi connectivity index (χ0v) is 16.2. The van der Waals surface area contributed by atoms with Gasteiger partial charge in [-0.2, -0.15) is 0 Å². The lowest BCUT2D eigenvalue weighted by atomic mass is 10.1. The molecule has 2 aromatic carbocycles. The molecule has 0 saturated heterocycles. The van der Waals surface area contributed by atoms with Gasteiger partial charge in [0.05, 0.1) is 29.3 Å². The van der Waals surface area contributed by atoms with Crippen LogP contribution in [-0.4, -0.2) is 22.5 Å². The maximum Gasteiger partial charge on any atom is 0.311 e. The number of nitrogens with one attached hydrogen (secondary N) is 1. The molecule has 136 valence electrons. The van der Waals surface area contributed by atoms with E-state index in [-0.39, 0.29) is 12.4 Å². The van der Waals surface area contributed by atoms with E-state index in [0.29, 0.717) is 11.6 Å². The molecule has 27 heavy (non-hydrogen) atoms. The number of imidazole rings is 1. The maximum atomic E-state index is 12.0. The zero-order valence-electron chi connectivity index (χ0n) is 14.7. The molecule has 0 radical (unpaired) electrons. The zero-order chi connectivity index (χ0) is 18.8. The number of benzene rings is 2. The van der Waals surface area contributed by atoms with Gasteiger partial charge in [-0.1, -0.05) is 41.9 Å². The molecule has 0 fully saturated rings. The Morgan fingerprint density at radius 2 is 1.96 bits per heavy atom. The van der Waals surface area contributed by atoms with Crippen molar-refractivity contribution in [2.75, 3.05) is 6.61 Å². The van der Waals surface area contributed by atoms with E-state index in [0.717, 1.165) is 27.7 Å². The molecule has 1 N–H and O–H groups in total. The molecule has 0 bridgehead atoms. The number of H-pyrrole nitrogens is 1. The summed E-state index contributed by atoms with van der Waals surface area (Å²) in [5.74, 6) is 0.472. The molecule has 0 spiro atoms. The summed E-state index contributed by atoms with van der Waals surface area (Å²) >= 11 is 7.68. The lowest BCUT2D eigenvalue weighted by molar-refractivity contribution is -0.142. The molecule has 0 atom stereocenters. The minimum absolute atomic E-state index is 0.143. The van der Waals surface area contributed by atoms with Crippen LogP contribution in [-0.2, 0) is 16.0 Å². The number of rotatable bonds is 5. The number of ether oxygens (including phenoxy) is 1. The third-order valence-electron chi connectivity index (χ3n) is 4.18. The van der Waals surface area contributed by atoms with Gasteiger partial charge in [0.1, 0.15) is 5.82 Å². The molecule has 2 heterocycles. The lowest BCUT2D eigenvalue weighted by Gasteiger charge is -2.03. The molecule has 2 aromatic heterocycles. The van der Waals surface area contributed by atoms with Crippen LogP contribution in [0.2, 0.25) is 5.02 Å². The van der Waals surface area contributed by atoms with Crippen LogP contribution in [0, 0.1) is 0 Å². The van der Waals surface area contributed by atoms with Gasteiger partial charge in [-0.15, -0.1) is 11.3 Å². The summed E-state index contributed by atoms with van der Waals surface area (Å²) in [7, 11) is 0. The Kier molecular flexibility index (Phi) is 4.97. The standard InChI is InChI=1S/C21H17ClN2O2S/c1-2-26-19(25)12-16-20(13-7-9-15(22)10-8-13)24-21(23-16)18-11-14-5-3-4-6-17(14)27-18/h3-11H,2,12H2,1H3,(H,23,24). The fourth-order valence-corrected chi connectivity index (χ4v) is 4.09. The molecule has 4 nitrogen and oxygen atoms in total. The number of esters is 1. The van der Waals surface area contributed by atoms with Crippen molar-refractivity contribution in [1.82, 2.24) is 9.97 Å². The second-order valence-corrected chi connectivity index (χ2v) is 7.57. The van der Waals surface area contributed by atoms with E-state index in [1.807, 2.05) is 36.4 Å². The molecule has 0 unspecified atom stereocenters. The van der Waals surface area contributed by atoms with Crippen molar-refractivity contribution >= 4 is 39.0 Å². The number of carbonyl (C=O) groups is 1. The average Bonchev–Trinajstić information content (AvgIpc) is 3.26. The van der Waals surface area contributed by atoms with Crippen molar-refractivity contribution in [2.24, 2.45) is 0 Å². The van der Waals surface area contributed by atoms with Gasteiger partial charge >= 0.3 is 5.97 Å². The number of thiophene rings is 1.